The van der Waals surface area contributed by atoms with Crippen molar-refractivity contribution >= 4 is 11.6 Å². The molecule has 0 aliphatic carbocycles. The molecule has 0 heterocycles. The van der Waals surface area contributed by atoms with Crippen LogP contribution in [0.3, 0.4) is 0 Å². The molecule has 0 aliphatic heterocycles. The molecule has 0 radical (unpaired) electrons. The van der Waals surface area contributed by atoms with E-state index in [4.69, 9.17) is 11.6 Å². The Balaban J connectivity index is 2.19. The number of aliphatic hydroxyl groups is 1. The normalized spacial score (nSPS) is 13.3. The van der Waals surface area contributed by atoms with Gasteiger partial charge in [-0.3, -0.25) is 0 Å². The molecule has 1 rings (SSSR count). The van der Waals surface area contributed by atoms with Crippen molar-refractivity contribution in [2.45, 2.75) is 96.0 Å². The topological polar surface area (TPSA) is 20.2 Å². The maximum absolute atomic E-state index is 9.92. The van der Waals surface area contributed by atoms with Crippen LogP contribution in [0.15, 0.2) is 24.3 Å². The molecule has 0 aromatic heterocycles. The van der Waals surface area contributed by atoms with E-state index in [1.807, 2.05) is 0 Å². The third-order valence-corrected chi connectivity index (χ3v) is 4.74. The highest BCUT2D eigenvalue weighted by molar-refractivity contribution is 6.23. The number of halogens is 1. The first-order valence-corrected chi connectivity index (χ1v) is 9.78. The van der Waals surface area contributed by atoms with Gasteiger partial charge in [-0.1, -0.05) is 69.7 Å². The summed E-state index contributed by atoms with van der Waals surface area (Å²) in [6, 6.07) is 8.53. The lowest BCUT2D eigenvalue weighted by molar-refractivity contribution is 0.147. The fraction of sp³-hybridized carbons (Fsp3) is 0.714. The van der Waals surface area contributed by atoms with Crippen LogP contribution < -0.4 is 0 Å². The molecule has 0 saturated heterocycles. The summed E-state index contributed by atoms with van der Waals surface area (Å²) in [7, 11) is 0. The number of hydrogen-bond acceptors (Lipinski definition) is 1. The van der Waals surface area contributed by atoms with Crippen LogP contribution in [0.4, 0.5) is 0 Å². The van der Waals surface area contributed by atoms with Crippen molar-refractivity contribution in [3.63, 3.8) is 0 Å². The predicted octanol–water partition coefficient (Wildman–Crippen LogP) is 6.59. The second-order valence-corrected chi connectivity index (χ2v) is 8.18. The largest absolute Gasteiger partial charge is 0.393 e. The Morgan fingerprint density at radius 1 is 0.957 bits per heavy atom. The maximum atomic E-state index is 9.92. The lowest BCUT2D eigenvalue weighted by atomic mass is 9.93. The van der Waals surface area contributed by atoms with Gasteiger partial charge >= 0.3 is 0 Å². The van der Waals surface area contributed by atoms with Gasteiger partial charge in [0.2, 0.25) is 0 Å². The first-order chi connectivity index (χ1) is 10.9. The van der Waals surface area contributed by atoms with E-state index in [-0.39, 0.29) is 11.0 Å². The summed E-state index contributed by atoms with van der Waals surface area (Å²) < 4.78 is 0. The summed E-state index contributed by atoms with van der Waals surface area (Å²) in [4.78, 5) is -0.292. The highest BCUT2D eigenvalue weighted by Gasteiger charge is 2.19. The molecule has 0 spiro atoms. The molecule has 1 unspecified atom stereocenters. The van der Waals surface area contributed by atoms with E-state index in [0.717, 1.165) is 25.7 Å². The summed E-state index contributed by atoms with van der Waals surface area (Å²) >= 11 is 6.49. The monoisotopic (exact) mass is 338 g/mol. The van der Waals surface area contributed by atoms with E-state index in [0.29, 0.717) is 0 Å². The van der Waals surface area contributed by atoms with E-state index in [2.05, 4.69) is 45.0 Å². The third-order valence-electron chi connectivity index (χ3n) is 4.53. The van der Waals surface area contributed by atoms with Gasteiger partial charge in [-0.15, -0.1) is 11.6 Å². The van der Waals surface area contributed by atoms with Gasteiger partial charge < -0.3 is 5.11 Å². The van der Waals surface area contributed by atoms with Gasteiger partial charge in [0.05, 0.1) is 11.0 Å². The van der Waals surface area contributed by atoms with Crippen LogP contribution in [0.2, 0.25) is 0 Å². The second kappa shape index (κ2) is 11.1. The molecule has 0 saturated carbocycles. The van der Waals surface area contributed by atoms with Crippen LogP contribution in [0.25, 0.3) is 0 Å². The molecule has 1 aromatic rings. The minimum atomic E-state index is -0.292. The van der Waals surface area contributed by atoms with Crippen molar-refractivity contribution in [1.29, 1.82) is 0 Å². The summed E-state index contributed by atoms with van der Waals surface area (Å²) in [5.41, 5.74) is 2.64. The number of aryl methyl sites for hydroxylation is 1. The first kappa shape index (κ1) is 20.5. The van der Waals surface area contributed by atoms with Crippen molar-refractivity contribution in [2.75, 3.05) is 0 Å². The smallest absolute Gasteiger partial charge is 0.0641 e. The molecule has 1 atom stereocenters. The maximum Gasteiger partial charge on any atom is 0.0641 e. The van der Waals surface area contributed by atoms with Crippen LogP contribution >= 0.6 is 11.6 Å². The minimum absolute atomic E-state index is 0.0840. The van der Waals surface area contributed by atoms with E-state index in [9.17, 15) is 5.11 Å². The minimum Gasteiger partial charge on any atom is -0.393 e. The first-order valence-electron chi connectivity index (χ1n) is 9.40. The van der Waals surface area contributed by atoms with E-state index < -0.39 is 0 Å². The summed E-state index contributed by atoms with van der Waals surface area (Å²) in [6.45, 7) is 6.33. The van der Waals surface area contributed by atoms with Crippen molar-refractivity contribution in [3.8, 4) is 0 Å². The van der Waals surface area contributed by atoms with Crippen molar-refractivity contribution in [2.24, 2.45) is 0 Å². The fourth-order valence-corrected chi connectivity index (χ4v) is 3.33. The van der Waals surface area contributed by atoms with Crippen molar-refractivity contribution in [3.05, 3.63) is 35.4 Å². The van der Waals surface area contributed by atoms with Crippen molar-refractivity contribution < 1.29 is 5.11 Å². The number of unbranched alkanes of at least 4 members (excludes halogenated alkanes) is 5. The Labute approximate surface area is 148 Å². The highest BCUT2D eigenvalue weighted by atomic mass is 35.5. The number of rotatable bonds is 12. The second-order valence-electron chi connectivity index (χ2n) is 7.23. The lowest BCUT2D eigenvalue weighted by Gasteiger charge is -2.20. The average molecular weight is 339 g/mol. The number of hydrogen-bond donors (Lipinski definition) is 1. The van der Waals surface area contributed by atoms with Crippen LogP contribution in [0, 0.1) is 0 Å². The SMILES string of the molecule is CCCCCC(O)CCCCCCc1ccccc1C(C)(C)Cl. The molecular weight excluding hydrogens is 304 g/mol. The molecule has 132 valence electrons. The van der Waals surface area contributed by atoms with E-state index in [1.54, 1.807) is 0 Å². The highest BCUT2D eigenvalue weighted by Crippen LogP contribution is 2.31. The van der Waals surface area contributed by atoms with Gasteiger partial charge in [0.1, 0.15) is 0 Å². The molecule has 0 fully saturated rings. The molecular formula is C21H35ClO. The summed E-state index contributed by atoms with van der Waals surface area (Å²) in [6.07, 6.45) is 11.4. The summed E-state index contributed by atoms with van der Waals surface area (Å²) in [5, 5.41) is 9.92. The Morgan fingerprint density at radius 3 is 2.22 bits per heavy atom. The van der Waals surface area contributed by atoms with Gasteiger partial charge in [0.15, 0.2) is 0 Å². The molecule has 0 bridgehead atoms. The Kier molecular flexibility index (Phi) is 9.90. The Hall–Kier alpha value is -0.530. The quantitative estimate of drug-likeness (QED) is 0.336. The van der Waals surface area contributed by atoms with Gasteiger partial charge in [-0.2, -0.15) is 0 Å². The molecule has 0 amide bonds. The van der Waals surface area contributed by atoms with Gasteiger partial charge in [0.25, 0.3) is 0 Å². The van der Waals surface area contributed by atoms with Crippen molar-refractivity contribution in [1.82, 2.24) is 0 Å². The fourth-order valence-electron chi connectivity index (χ4n) is 3.14. The lowest BCUT2D eigenvalue weighted by Crippen LogP contribution is -2.11. The predicted molar refractivity (Wildman–Crippen MR) is 102 cm³/mol. The van der Waals surface area contributed by atoms with Crippen LogP contribution in [-0.2, 0) is 11.3 Å². The van der Waals surface area contributed by atoms with Crippen LogP contribution in [-0.4, -0.2) is 11.2 Å². The van der Waals surface area contributed by atoms with Crippen LogP contribution in [0.5, 0.6) is 0 Å². The zero-order valence-electron chi connectivity index (χ0n) is 15.3. The Morgan fingerprint density at radius 2 is 1.57 bits per heavy atom. The van der Waals surface area contributed by atoms with Gasteiger partial charge in [-0.25, -0.2) is 0 Å². The molecule has 1 nitrogen and oxygen atoms in total. The van der Waals surface area contributed by atoms with E-state index >= 15 is 0 Å². The van der Waals surface area contributed by atoms with E-state index in [1.165, 1.54) is 49.7 Å². The zero-order valence-corrected chi connectivity index (χ0v) is 16.0. The van der Waals surface area contributed by atoms with Crippen LogP contribution in [0.1, 0.15) is 89.7 Å². The molecule has 2 heteroatoms. The standard InChI is InChI=1S/C21H35ClO/c1-4-5-8-15-19(23)16-10-7-6-9-13-18-14-11-12-17-20(18)21(2,3)22/h11-12,14,17,19,23H,4-10,13,15-16H2,1-3H3. The van der Waals surface area contributed by atoms with Gasteiger partial charge in [-0.05, 0) is 50.7 Å². The number of alkyl halides is 1. The number of benzene rings is 1. The van der Waals surface area contributed by atoms with Gasteiger partial charge in [0, 0.05) is 0 Å². The zero-order chi connectivity index (χ0) is 17.1. The molecule has 23 heavy (non-hydrogen) atoms. The summed E-state index contributed by atoms with van der Waals surface area (Å²) in [5.74, 6) is 0. The Bertz CT molecular complexity index is 422. The third kappa shape index (κ3) is 8.77. The molecule has 1 aromatic carbocycles. The molecule has 0 aliphatic rings. The number of aliphatic hydroxyl groups excluding tert-OH is 1. The average Bonchev–Trinajstić information content (AvgIpc) is 2.50. The molecule has 1 N–H and O–H groups in total.